The predicted octanol–water partition coefficient (Wildman–Crippen LogP) is 6.30. The Morgan fingerprint density at radius 2 is 1.70 bits per heavy atom. The van der Waals surface area contributed by atoms with Gasteiger partial charge in [0.15, 0.2) is 0 Å². The normalized spacial score (nSPS) is 16.3. The van der Waals surface area contributed by atoms with Gasteiger partial charge in [0.05, 0.1) is 6.42 Å². The summed E-state index contributed by atoms with van der Waals surface area (Å²) >= 11 is 0. The van der Waals surface area contributed by atoms with Crippen LogP contribution in [0.25, 0.3) is 0 Å². The van der Waals surface area contributed by atoms with E-state index in [-0.39, 0.29) is 24.5 Å². The predicted molar refractivity (Wildman–Crippen MR) is 146 cm³/mol. The van der Waals surface area contributed by atoms with Crippen LogP contribution in [0.3, 0.4) is 0 Å². The molecule has 3 aromatic rings. The van der Waals surface area contributed by atoms with Gasteiger partial charge in [-0.3, -0.25) is 9.59 Å². The Balaban J connectivity index is 1.43. The van der Waals surface area contributed by atoms with E-state index >= 15 is 0 Å². The Hall–Kier alpha value is -3.60. The van der Waals surface area contributed by atoms with Gasteiger partial charge in [0.2, 0.25) is 0 Å². The first-order valence-corrected chi connectivity index (χ1v) is 13.2. The molecule has 1 aliphatic rings. The fourth-order valence-corrected chi connectivity index (χ4v) is 5.05. The molecule has 0 radical (unpaired) electrons. The van der Waals surface area contributed by atoms with Crippen LogP contribution in [0.1, 0.15) is 72.1 Å². The van der Waals surface area contributed by atoms with Gasteiger partial charge in [-0.25, -0.2) is 0 Å². The SMILES string of the molecule is CC(C)c1ccc(C[C@@]2(C)Cc3cc(C(=O)N(CCCc4ccccc4)CCC(=O)O)ccc3O2)cc1. The maximum absolute atomic E-state index is 13.4. The lowest BCUT2D eigenvalue weighted by molar-refractivity contribution is -0.137. The van der Waals surface area contributed by atoms with Gasteiger partial charge in [0.1, 0.15) is 11.4 Å². The van der Waals surface area contributed by atoms with E-state index in [1.807, 2.05) is 30.3 Å². The van der Waals surface area contributed by atoms with E-state index in [9.17, 15) is 14.7 Å². The summed E-state index contributed by atoms with van der Waals surface area (Å²) in [7, 11) is 0. The summed E-state index contributed by atoms with van der Waals surface area (Å²) in [6.07, 6.45) is 3.05. The minimum Gasteiger partial charge on any atom is -0.487 e. The highest BCUT2D eigenvalue weighted by Gasteiger charge is 2.35. The topological polar surface area (TPSA) is 66.8 Å². The van der Waals surface area contributed by atoms with E-state index in [1.54, 1.807) is 11.0 Å². The smallest absolute Gasteiger partial charge is 0.305 e. The van der Waals surface area contributed by atoms with Crippen molar-refractivity contribution in [1.29, 1.82) is 0 Å². The monoisotopic (exact) mass is 499 g/mol. The van der Waals surface area contributed by atoms with E-state index in [2.05, 4.69) is 57.2 Å². The maximum Gasteiger partial charge on any atom is 0.305 e. The number of carboxylic acids is 1. The number of rotatable bonds is 11. The second-order valence-corrected chi connectivity index (χ2v) is 10.6. The van der Waals surface area contributed by atoms with Crippen LogP contribution < -0.4 is 4.74 Å². The maximum atomic E-state index is 13.4. The van der Waals surface area contributed by atoms with Crippen molar-refractivity contribution in [2.24, 2.45) is 0 Å². The zero-order valence-corrected chi connectivity index (χ0v) is 22.1. The number of carbonyl (C=O) groups excluding carboxylic acids is 1. The van der Waals surface area contributed by atoms with Crippen molar-refractivity contribution >= 4 is 11.9 Å². The minimum absolute atomic E-state index is 0.0706. The molecule has 37 heavy (non-hydrogen) atoms. The number of aliphatic carboxylic acids is 1. The summed E-state index contributed by atoms with van der Waals surface area (Å²) in [6, 6.07) is 24.5. The van der Waals surface area contributed by atoms with E-state index < -0.39 is 5.97 Å². The van der Waals surface area contributed by atoms with Gasteiger partial charge in [0, 0.05) is 31.5 Å². The van der Waals surface area contributed by atoms with E-state index in [0.717, 1.165) is 37.0 Å². The molecule has 4 rings (SSSR count). The van der Waals surface area contributed by atoms with Gasteiger partial charge in [-0.05, 0) is 66.1 Å². The first kappa shape index (κ1) is 26.5. The van der Waals surface area contributed by atoms with E-state index in [1.165, 1.54) is 16.7 Å². The number of nitrogens with zero attached hydrogens (tertiary/aromatic N) is 1. The number of amides is 1. The number of hydrogen-bond donors (Lipinski definition) is 1. The Bertz CT molecular complexity index is 1220. The largest absolute Gasteiger partial charge is 0.487 e. The number of hydrogen-bond acceptors (Lipinski definition) is 3. The molecule has 0 aliphatic carbocycles. The van der Waals surface area contributed by atoms with Crippen molar-refractivity contribution in [3.8, 4) is 5.75 Å². The fourth-order valence-electron chi connectivity index (χ4n) is 5.05. The first-order chi connectivity index (χ1) is 17.7. The Morgan fingerprint density at radius 1 is 0.973 bits per heavy atom. The zero-order chi connectivity index (χ0) is 26.4. The molecule has 1 heterocycles. The van der Waals surface area contributed by atoms with E-state index in [4.69, 9.17) is 4.74 Å². The molecule has 0 saturated heterocycles. The molecule has 0 spiro atoms. The Morgan fingerprint density at radius 3 is 2.38 bits per heavy atom. The molecule has 0 fully saturated rings. The van der Waals surface area contributed by atoms with Crippen molar-refractivity contribution in [2.45, 2.75) is 64.4 Å². The first-order valence-electron chi connectivity index (χ1n) is 13.2. The number of carboxylic acid groups (broad SMARTS) is 1. The highest BCUT2D eigenvalue weighted by Crippen LogP contribution is 2.38. The molecule has 0 aromatic heterocycles. The number of aryl methyl sites for hydroxylation is 1. The molecule has 194 valence electrons. The summed E-state index contributed by atoms with van der Waals surface area (Å²) in [5, 5.41) is 9.21. The third-order valence-electron chi connectivity index (χ3n) is 7.07. The van der Waals surface area contributed by atoms with Crippen molar-refractivity contribution in [1.82, 2.24) is 4.90 Å². The third kappa shape index (κ3) is 7.00. The molecule has 5 nitrogen and oxygen atoms in total. The molecule has 0 bridgehead atoms. The molecule has 1 atom stereocenters. The van der Waals surface area contributed by atoms with Crippen molar-refractivity contribution in [3.63, 3.8) is 0 Å². The average Bonchev–Trinajstić information content (AvgIpc) is 3.21. The minimum atomic E-state index is -0.902. The van der Waals surface area contributed by atoms with E-state index in [0.29, 0.717) is 18.0 Å². The Kier molecular flexibility index (Phi) is 8.32. The van der Waals surface area contributed by atoms with Crippen LogP contribution in [-0.4, -0.2) is 40.6 Å². The van der Waals surface area contributed by atoms with Gasteiger partial charge < -0.3 is 14.7 Å². The second-order valence-electron chi connectivity index (χ2n) is 10.6. The van der Waals surface area contributed by atoms with Gasteiger partial charge in [0.25, 0.3) is 5.91 Å². The molecular formula is C32H37NO4. The number of fused-ring (bicyclic) bond motifs is 1. The van der Waals surface area contributed by atoms with Crippen LogP contribution in [0.2, 0.25) is 0 Å². The lowest BCUT2D eigenvalue weighted by Crippen LogP contribution is -2.34. The number of benzene rings is 3. The molecule has 1 aliphatic heterocycles. The lowest BCUT2D eigenvalue weighted by Gasteiger charge is -2.24. The Labute approximate surface area is 220 Å². The van der Waals surface area contributed by atoms with Gasteiger partial charge in [-0.15, -0.1) is 0 Å². The third-order valence-corrected chi connectivity index (χ3v) is 7.07. The molecular weight excluding hydrogens is 462 g/mol. The molecule has 0 saturated carbocycles. The van der Waals surface area contributed by atoms with Gasteiger partial charge in [-0.2, -0.15) is 0 Å². The fraction of sp³-hybridized carbons (Fsp3) is 0.375. The molecule has 3 aromatic carbocycles. The van der Waals surface area contributed by atoms with Crippen LogP contribution in [0, 0.1) is 0 Å². The van der Waals surface area contributed by atoms with Crippen molar-refractivity contribution < 1.29 is 19.4 Å². The van der Waals surface area contributed by atoms with Crippen LogP contribution in [-0.2, 0) is 24.1 Å². The van der Waals surface area contributed by atoms with Gasteiger partial charge >= 0.3 is 5.97 Å². The zero-order valence-electron chi connectivity index (χ0n) is 22.1. The van der Waals surface area contributed by atoms with Crippen LogP contribution in [0.4, 0.5) is 0 Å². The summed E-state index contributed by atoms with van der Waals surface area (Å²) in [6.45, 7) is 7.21. The highest BCUT2D eigenvalue weighted by molar-refractivity contribution is 5.95. The number of carbonyl (C=O) groups is 2. The van der Waals surface area contributed by atoms with Crippen LogP contribution in [0.5, 0.6) is 5.75 Å². The summed E-state index contributed by atoms with van der Waals surface area (Å²) in [4.78, 5) is 26.3. The lowest BCUT2D eigenvalue weighted by atomic mass is 9.90. The molecule has 5 heteroatoms. The van der Waals surface area contributed by atoms with Crippen LogP contribution in [0.15, 0.2) is 72.8 Å². The second kappa shape index (κ2) is 11.6. The quantitative estimate of drug-likeness (QED) is 0.336. The standard InChI is InChI=1S/C32H37NO4/c1-23(2)26-13-11-25(12-14-26)21-32(3)22-28-20-27(15-16-29(28)37-32)31(36)33(19-17-30(34)35)18-7-10-24-8-5-4-6-9-24/h4-6,8-9,11-16,20,23H,7,10,17-19,21-22H2,1-3H3,(H,34,35)/t32-/m0/s1. The molecule has 0 unspecified atom stereocenters. The van der Waals surface area contributed by atoms with Crippen LogP contribution >= 0.6 is 0 Å². The van der Waals surface area contributed by atoms with Crippen molar-refractivity contribution in [2.75, 3.05) is 13.1 Å². The molecule has 1 N–H and O–H groups in total. The van der Waals surface area contributed by atoms with Gasteiger partial charge in [-0.1, -0.05) is 68.4 Å². The highest BCUT2D eigenvalue weighted by atomic mass is 16.5. The summed E-state index contributed by atoms with van der Waals surface area (Å²) in [5.41, 5.74) is 4.99. The van der Waals surface area contributed by atoms with Crippen molar-refractivity contribution in [3.05, 3.63) is 101 Å². The summed E-state index contributed by atoms with van der Waals surface area (Å²) in [5.74, 6) is 0.287. The molecule has 1 amide bonds. The average molecular weight is 500 g/mol. The number of ether oxygens (including phenoxy) is 1. The summed E-state index contributed by atoms with van der Waals surface area (Å²) < 4.78 is 6.36.